The first kappa shape index (κ1) is 14.7. The molecule has 0 aliphatic heterocycles. The summed E-state index contributed by atoms with van der Waals surface area (Å²) in [5, 5.41) is 2.36. The molecule has 0 aromatic heterocycles. The van der Waals surface area contributed by atoms with E-state index in [1.165, 1.54) is 13.2 Å². The van der Waals surface area contributed by atoms with E-state index >= 15 is 0 Å². The molecule has 0 spiro atoms. The van der Waals surface area contributed by atoms with E-state index in [0.29, 0.717) is 5.56 Å². The molecular formula is C13H15NO5. The number of carbonyl (C=O) groups is 3. The predicted octanol–water partition coefficient (Wildman–Crippen LogP) is 1.28. The van der Waals surface area contributed by atoms with Gasteiger partial charge in [-0.25, -0.2) is 9.59 Å². The monoisotopic (exact) mass is 265 g/mol. The van der Waals surface area contributed by atoms with Gasteiger partial charge >= 0.3 is 17.8 Å². The maximum atomic E-state index is 11.6. The Morgan fingerprint density at radius 3 is 2.53 bits per heavy atom. The normalized spacial score (nSPS) is 9.63. The smallest absolute Gasteiger partial charge is 0.397 e. The van der Waals surface area contributed by atoms with Crippen LogP contribution in [0.15, 0.2) is 18.2 Å². The topological polar surface area (TPSA) is 81.7 Å². The van der Waals surface area contributed by atoms with E-state index in [1.807, 2.05) is 0 Å². The number of anilines is 1. The van der Waals surface area contributed by atoms with E-state index in [2.05, 4.69) is 14.8 Å². The van der Waals surface area contributed by atoms with Gasteiger partial charge in [0.1, 0.15) is 0 Å². The molecule has 102 valence electrons. The van der Waals surface area contributed by atoms with Gasteiger partial charge in [-0.05, 0) is 25.5 Å². The fourth-order valence-corrected chi connectivity index (χ4v) is 1.47. The Labute approximate surface area is 110 Å². The van der Waals surface area contributed by atoms with Gasteiger partial charge in [0.15, 0.2) is 0 Å². The SMILES string of the molecule is CCOC(=O)C(=O)Nc1c(C)cccc1C(=O)OC. The summed E-state index contributed by atoms with van der Waals surface area (Å²) in [6.07, 6.45) is 0. The largest absolute Gasteiger partial charge is 0.465 e. The van der Waals surface area contributed by atoms with E-state index in [0.717, 1.165) is 0 Å². The van der Waals surface area contributed by atoms with E-state index in [4.69, 9.17) is 0 Å². The van der Waals surface area contributed by atoms with Gasteiger partial charge in [-0.2, -0.15) is 0 Å². The van der Waals surface area contributed by atoms with Crippen molar-refractivity contribution in [1.82, 2.24) is 0 Å². The number of hydrogen-bond acceptors (Lipinski definition) is 5. The molecule has 0 saturated heterocycles. The second kappa shape index (κ2) is 6.53. The summed E-state index contributed by atoms with van der Waals surface area (Å²) in [5.74, 6) is -2.52. The van der Waals surface area contributed by atoms with Crippen molar-refractivity contribution in [2.75, 3.05) is 19.0 Å². The number of para-hydroxylation sites is 1. The summed E-state index contributed by atoms with van der Waals surface area (Å²) in [5.41, 5.74) is 1.06. The Balaban J connectivity index is 3.03. The van der Waals surface area contributed by atoms with Crippen molar-refractivity contribution in [3.63, 3.8) is 0 Å². The van der Waals surface area contributed by atoms with Crippen LogP contribution in [0.2, 0.25) is 0 Å². The predicted molar refractivity (Wildman–Crippen MR) is 67.8 cm³/mol. The van der Waals surface area contributed by atoms with E-state index in [9.17, 15) is 14.4 Å². The molecule has 0 bridgehead atoms. The van der Waals surface area contributed by atoms with Crippen molar-refractivity contribution in [3.05, 3.63) is 29.3 Å². The number of nitrogens with one attached hydrogen (secondary N) is 1. The molecule has 6 heteroatoms. The van der Waals surface area contributed by atoms with Crippen LogP contribution in [-0.4, -0.2) is 31.6 Å². The second-order valence-electron chi connectivity index (χ2n) is 3.66. The molecule has 6 nitrogen and oxygen atoms in total. The van der Waals surface area contributed by atoms with Gasteiger partial charge in [0.25, 0.3) is 0 Å². The van der Waals surface area contributed by atoms with Crippen LogP contribution >= 0.6 is 0 Å². The quantitative estimate of drug-likeness (QED) is 0.657. The fraction of sp³-hybridized carbons (Fsp3) is 0.308. The van der Waals surface area contributed by atoms with Crippen molar-refractivity contribution in [2.24, 2.45) is 0 Å². The minimum atomic E-state index is -0.999. The summed E-state index contributed by atoms with van der Waals surface area (Å²) in [7, 11) is 1.24. The third-order valence-electron chi connectivity index (χ3n) is 2.38. The molecule has 1 N–H and O–H groups in total. The Bertz CT molecular complexity index is 510. The molecule has 1 aromatic rings. The van der Waals surface area contributed by atoms with Crippen LogP contribution in [0.5, 0.6) is 0 Å². The first-order valence-corrected chi connectivity index (χ1v) is 5.67. The highest BCUT2D eigenvalue weighted by Gasteiger charge is 2.20. The summed E-state index contributed by atoms with van der Waals surface area (Å²) in [6, 6.07) is 4.86. The third-order valence-corrected chi connectivity index (χ3v) is 2.38. The van der Waals surface area contributed by atoms with Gasteiger partial charge in [0, 0.05) is 0 Å². The molecule has 1 rings (SSSR count). The van der Waals surface area contributed by atoms with E-state index in [1.54, 1.807) is 26.0 Å². The molecule has 0 aliphatic carbocycles. The van der Waals surface area contributed by atoms with Crippen molar-refractivity contribution in [2.45, 2.75) is 13.8 Å². The lowest BCUT2D eigenvalue weighted by atomic mass is 10.1. The fourth-order valence-electron chi connectivity index (χ4n) is 1.47. The number of methoxy groups -OCH3 is 1. The summed E-state index contributed by atoms with van der Waals surface area (Å²) >= 11 is 0. The number of benzene rings is 1. The molecule has 0 radical (unpaired) electrons. The minimum Gasteiger partial charge on any atom is -0.465 e. The Morgan fingerprint density at radius 2 is 1.95 bits per heavy atom. The Hall–Kier alpha value is -2.37. The lowest BCUT2D eigenvalue weighted by molar-refractivity contribution is -0.152. The highest BCUT2D eigenvalue weighted by atomic mass is 16.5. The molecular weight excluding hydrogens is 250 g/mol. The van der Waals surface area contributed by atoms with Crippen LogP contribution < -0.4 is 5.32 Å². The molecule has 0 atom stereocenters. The van der Waals surface area contributed by atoms with Crippen LogP contribution in [0, 0.1) is 6.92 Å². The van der Waals surface area contributed by atoms with Gasteiger partial charge in [-0.3, -0.25) is 4.79 Å². The van der Waals surface area contributed by atoms with Crippen LogP contribution in [0.4, 0.5) is 5.69 Å². The van der Waals surface area contributed by atoms with Crippen molar-refractivity contribution >= 4 is 23.5 Å². The maximum absolute atomic E-state index is 11.6. The molecule has 0 unspecified atom stereocenters. The highest BCUT2D eigenvalue weighted by Crippen LogP contribution is 2.21. The zero-order valence-electron chi connectivity index (χ0n) is 11.0. The molecule has 1 aromatic carbocycles. The number of amides is 1. The number of carbonyl (C=O) groups excluding carboxylic acids is 3. The molecule has 0 aliphatic rings. The van der Waals surface area contributed by atoms with Crippen molar-refractivity contribution in [3.8, 4) is 0 Å². The van der Waals surface area contributed by atoms with Crippen molar-refractivity contribution in [1.29, 1.82) is 0 Å². The lowest BCUT2D eigenvalue weighted by Gasteiger charge is -2.11. The van der Waals surface area contributed by atoms with Crippen LogP contribution in [0.3, 0.4) is 0 Å². The van der Waals surface area contributed by atoms with Gasteiger partial charge in [-0.1, -0.05) is 12.1 Å². The number of esters is 2. The zero-order chi connectivity index (χ0) is 14.4. The van der Waals surface area contributed by atoms with Gasteiger partial charge in [0.2, 0.25) is 0 Å². The number of aryl methyl sites for hydroxylation is 1. The molecule has 0 saturated carbocycles. The van der Waals surface area contributed by atoms with Crippen LogP contribution in [0.1, 0.15) is 22.8 Å². The molecule has 0 fully saturated rings. The summed E-state index contributed by atoms with van der Waals surface area (Å²) in [4.78, 5) is 34.4. The average molecular weight is 265 g/mol. The Kier molecular flexibility index (Phi) is 5.05. The second-order valence-corrected chi connectivity index (χ2v) is 3.66. The zero-order valence-corrected chi connectivity index (χ0v) is 11.0. The van der Waals surface area contributed by atoms with Gasteiger partial charge < -0.3 is 14.8 Å². The summed E-state index contributed by atoms with van der Waals surface area (Å²) in [6.45, 7) is 3.40. The van der Waals surface area contributed by atoms with E-state index in [-0.39, 0.29) is 17.9 Å². The van der Waals surface area contributed by atoms with Crippen LogP contribution in [-0.2, 0) is 19.1 Å². The van der Waals surface area contributed by atoms with Crippen molar-refractivity contribution < 1.29 is 23.9 Å². The van der Waals surface area contributed by atoms with Crippen LogP contribution in [0.25, 0.3) is 0 Å². The van der Waals surface area contributed by atoms with E-state index < -0.39 is 17.8 Å². The standard InChI is InChI=1S/C13H15NO5/c1-4-19-13(17)11(15)14-10-8(2)6-5-7-9(10)12(16)18-3/h5-7H,4H2,1-3H3,(H,14,15). The maximum Gasteiger partial charge on any atom is 0.397 e. The molecule has 0 heterocycles. The summed E-state index contributed by atoms with van der Waals surface area (Å²) < 4.78 is 9.19. The molecule has 1 amide bonds. The van der Waals surface area contributed by atoms with Gasteiger partial charge in [0.05, 0.1) is 25.0 Å². The van der Waals surface area contributed by atoms with Gasteiger partial charge in [-0.15, -0.1) is 0 Å². The first-order chi connectivity index (χ1) is 9.01. The number of ether oxygens (including phenoxy) is 2. The first-order valence-electron chi connectivity index (χ1n) is 5.67. The third kappa shape index (κ3) is 3.54. The molecule has 19 heavy (non-hydrogen) atoms. The Morgan fingerprint density at radius 1 is 1.26 bits per heavy atom. The highest BCUT2D eigenvalue weighted by molar-refractivity contribution is 6.37. The number of rotatable bonds is 3. The lowest BCUT2D eigenvalue weighted by Crippen LogP contribution is -2.26. The number of hydrogen-bond donors (Lipinski definition) is 1. The average Bonchev–Trinajstić information content (AvgIpc) is 2.40. The minimum absolute atomic E-state index is 0.101.